The second-order valence-corrected chi connectivity index (χ2v) is 8.97. The van der Waals surface area contributed by atoms with Crippen LogP contribution < -0.4 is 15.0 Å². The van der Waals surface area contributed by atoms with Crippen molar-refractivity contribution in [1.29, 1.82) is 0 Å². The third kappa shape index (κ3) is 4.49. The maximum absolute atomic E-state index is 13.1. The summed E-state index contributed by atoms with van der Waals surface area (Å²) in [6, 6.07) is 6.76. The molecule has 1 aromatic rings. The van der Waals surface area contributed by atoms with E-state index in [1.54, 1.807) is 18.7 Å². The van der Waals surface area contributed by atoms with Crippen molar-refractivity contribution in [3.05, 3.63) is 24.3 Å². The lowest BCUT2D eigenvalue weighted by Gasteiger charge is -2.40. The maximum Gasteiger partial charge on any atom is 0.268 e. The van der Waals surface area contributed by atoms with E-state index in [0.717, 1.165) is 19.6 Å². The van der Waals surface area contributed by atoms with Crippen molar-refractivity contribution in [3.63, 3.8) is 0 Å². The first kappa shape index (κ1) is 20.6. The first-order valence-electron chi connectivity index (χ1n) is 10.3. The second kappa shape index (κ2) is 8.11. The largest absolute Gasteiger partial charge is 0.479 e. The fourth-order valence-corrected chi connectivity index (χ4v) is 4.29. The molecule has 3 rings (SSSR count). The molecule has 1 fully saturated rings. The van der Waals surface area contributed by atoms with Crippen LogP contribution in [-0.2, 0) is 9.59 Å². The van der Waals surface area contributed by atoms with Crippen LogP contribution >= 0.6 is 0 Å². The van der Waals surface area contributed by atoms with Crippen molar-refractivity contribution in [2.24, 2.45) is 5.92 Å². The van der Waals surface area contributed by atoms with E-state index in [9.17, 15) is 9.59 Å². The van der Waals surface area contributed by atoms with E-state index in [2.05, 4.69) is 31.0 Å². The lowest BCUT2D eigenvalue weighted by atomic mass is 9.97. The highest BCUT2D eigenvalue weighted by molar-refractivity contribution is 6.05. The normalized spacial score (nSPS) is 24.3. The van der Waals surface area contributed by atoms with Crippen LogP contribution in [0.3, 0.4) is 0 Å². The van der Waals surface area contributed by atoms with E-state index in [4.69, 9.17) is 4.74 Å². The summed E-state index contributed by atoms with van der Waals surface area (Å²) in [7, 11) is 0. The number of piperidine rings is 1. The fourth-order valence-electron chi connectivity index (χ4n) is 4.29. The van der Waals surface area contributed by atoms with Gasteiger partial charge in [0.15, 0.2) is 6.10 Å². The molecule has 2 heterocycles. The van der Waals surface area contributed by atoms with Crippen LogP contribution in [0.1, 0.15) is 47.5 Å². The van der Waals surface area contributed by atoms with Crippen molar-refractivity contribution < 1.29 is 14.3 Å². The van der Waals surface area contributed by atoms with E-state index in [1.807, 2.05) is 24.3 Å². The monoisotopic (exact) mass is 387 g/mol. The molecule has 2 aliphatic heterocycles. The number of fused-ring (bicyclic) bond motifs is 1. The number of benzene rings is 1. The van der Waals surface area contributed by atoms with Gasteiger partial charge in [-0.1, -0.05) is 19.1 Å². The average molecular weight is 388 g/mol. The number of anilines is 1. The summed E-state index contributed by atoms with van der Waals surface area (Å²) >= 11 is 0. The Bertz CT molecular complexity index is 733. The number of hydrogen-bond donors (Lipinski definition) is 1. The number of ether oxygens (including phenoxy) is 1. The molecule has 0 aliphatic carbocycles. The molecule has 2 amide bonds. The van der Waals surface area contributed by atoms with E-state index in [-0.39, 0.29) is 17.4 Å². The summed E-state index contributed by atoms with van der Waals surface area (Å²) in [5, 5.41) is 3.17. The van der Waals surface area contributed by atoms with Gasteiger partial charge in [-0.25, -0.2) is 0 Å². The highest BCUT2D eigenvalue weighted by Gasteiger charge is 2.38. The van der Waals surface area contributed by atoms with E-state index >= 15 is 0 Å². The topological polar surface area (TPSA) is 61.9 Å². The SMILES string of the molecule is C[C@@H]1CCCN(CC(C)(C)NC(=O)[C@@H](C)N2C(=O)[C@H](C)Oc3ccccc32)C1. The number of hydrogen-bond acceptors (Lipinski definition) is 4. The quantitative estimate of drug-likeness (QED) is 0.844. The van der Waals surface area contributed by atoms with E-state index in [0.29, 0.717) is 17.4 Å². The minimum absolute atomic E-state index is 0.146. The Morgan fingerprint density at radius 1 is 1.32 bits per heavy atom. The van der Waals surface area contributed by atoms with E-state index < -0.39 is 12.1 Å². The average Bonchev–Trinajstić information content (AvgIpc) is 2.61. The summed E-state index contributed by atoms with van der Waals surface area (Å²) in [6.07, 6.45) is 1.88. The van der Waals surface area contributed by atoms with Crippen molar-refractivity contribution >= 4 is 17.5 Å². The summed E-state index contributed by atoms with van der Waals surface area (Å²) < 4.78 is 5.69. The predicted molar refractivity (Wildman–Crippen MR) is 111 cm³/mol. The zero-order valence-corrected chi connectivity index (χ0v) is 17.7. The van der Waals surface area contributed by atoms with Gasteiger partial charge >= 0.3 is 0 Å². The number of nitrogens with zero attached hydrogens (tertiary/aromatic N) is 2. The van der Waals surface area contributed by atoms with Gasteiger partial charge in [0.05, 0.1) is 5.69 Å². The molecule has 0 bridgehead atoms. The molecule has 6 nitrogen and oxygen atoms in total. The van der Waals surface area contributed by atoms with Crippen LogP contribution in [-0.4, -0.2) is 54.0 Å². The van der Waals surface area contributed by atoms with Gasteiger partial charge in [0.25, 0.3) is 5.91 Å². The van der Waals surface area contributed by atoms with Crippen molar-refractivity contribution in [3.8, 4) is 5.75 Å². The molecule has 3 atom stereocenters. The number of rotatable bonds is 5. The molecular weight excluding hydrogens is 354 g/mol. The summed E-state index contributed by atoms with van der Waals surface area (Å²) in [5.41, 5.74) is 0.277. The molecule has 0 unspecified atom stereocenters. The second-order valence-electron chi connectivity index (χ2n) is 8.97. The first-order chi connectivity index (χ1) is 13.2. The molecule has 1 saturated heterocycles. The zero-order chi connectivity index (χ0) is 20.5. The van der Waals surface area contributed by atoms with Gasteiger partial charge in [-0.05, 0) is 65.1 Å². The molecule has 1 aromatic carbocycles. The van der Waals surface area contributed by atoms with Crippen LogP contribution in [0.15, 0.2) is 24.3 Å². The summed E-state index contributed by atoms with van der Waals surface area (Å²) in [5.74, 6) is 0.996. The summed E-state index contributed by atoms with van der Waals surface area (Å²) in [6.45, 7) is 12.8. The first-order valence-corrected chi connectivity index (χ1v) is 10.3. The van der Waals surface area contributed by atoms with Crippen LogP contribution in [0.25, 0.3) is 0 Å². The molecule has 0 aromatic heterocycles. The van der Waals surface area contributed by atoms with Gasteiger partial charge in [0.1, 0.15) is 11.8 Å². The molecule has 0 spiro atoms. The number of para-hydroxylation sites is 2. The lowest BCUT2D eigenvalue weighted by molar-refractivity contribution is -0.130. The van der Waals surface area contributed by atoms with Crippen LogP contribution in [0.4, 0.5) is 5.69 Å². The molecule has 28 heavy (non-hydrogen) atoms. The summed E-state index contributed by atoms with van der Waals surface area (Å²) in [4.78, 5) is 29.8. The lowest BCUT2D eigenvalue weighted by Crippen LogP contribution is -2.59. The molecule has 0 saturated carbocycles. The third-order valence-corrected chi connectivity index (χ3v) is 5.60. The Morgan fingerprint density at radius 2 is 2.04 bits per heavy atom. The Balaban J connectivity index is 1.70. The number of amides is 2. The zero-order valence-electron chi connectivity index (χ0n) is 17.7. The van der Waals surface area contributed by atoms with Crippen molar-refractivity contribution in [2.45, 2.75) is 65.1 Å². The maximum atomic E-state index is 13.1. The number of nitrogens with one attached hydrogen (secondary N) is 1. The number of carbonyl (C=O) groups is 2. The van der Waals surface area contributed by atoms with Gasteiger partial charge in [0, 0.05) is 18.6 Å². The standard InChI is InChI=1S/C22H33N3O3/c1-15-9-8-12-24(13-15)14-22(4,5)23-20(26)16(2)25-18-10-6-7-11-19(18)28-17(3)21(25)27/h6-7,10-11,15-17H,8-9,12-14H2,1-5H3,(H,23,26)/t15-,16-,17+/m1/s1. The number of likely N-dealkylation sites (tertiary alicyclic amines) is 1. The fraction of sp³-hybridized carbons (Fsp3) is 0.636. The predicted octanol–water partition coefficient (Wildman–Crippen LogP) is 2.82. The van der Waals surface area contributed by atoms with Gasteiger partial charge < -0.3 is 15.0 Å². The Kier molecular flexibility index (Phi) is 5.98. The molecule has 2 aliphatic rings. The van der Waals surface area contributed by atoms with Crippen LogP contribution in [0, 0.1) is 5.92 Å². The van der Waals surface area contributed by atoms with Gasteiger partial charge in [-0.15, -0.1) is 0 Å². The van der Waals surface area contributed by atoms with Crippen molar-refractivity contribution in [1.82, 2.24) is 10.2 Å². The van der Waals surface area contributed by atoms with Gasteiger partial charge in [0.2, 0.25) is 5.91 Å². The molecule has 154 valence electrons. The molecule has 0 radical (unpaired) electrons. The molecule has 6 heteroatoms. The van der Waals surface area contributed by atoms with E-state index in [1.165, 1.54) is 12.8 Å². The smallest absolute Gasteiger partial charge is 0.268 e. The minimum Gasteiger partial charge on any atom is -0.479 e. The van der Waals surface area contributed by atoms with Gasteiger partial charge in [-0.2, -0.15) is 0 Å². The minimum atomic E-state index is -0.612. The van der Waals surface area contributed by atoms with Crippen molar-refractivity contribution in [2.75, 3.05) is 24.5 Å². The highest BCUT2D eigenvalue weighted by atomic mass is 16.5. The van der Waals surface area contributed by atoms with Crippen LogP contribution in [0.5, 0.6) is 5.75 Å². The Labute approximate surface area is 168 Å². The Morgan fingerprint density at radius 3 is 2.75 bits per heavy atom. The third-order valence-electron chi connectivity index (χ3n) is 5.60. The van der Waals surface area contributed by atoms with Crippen LogP contribution in [0.2, 0.25) is 0 Å². The van der Waals surface area contributed by atoms with Gasteiger partial charge in [-0.3, -0.25) is 14.5 Å². The number of carbonyl (C=O) groups excluding carboxylic acids is 2. The molecular formula is C22H33N3O3. The Hall–Kier alpha value is -2.08. The molecule has 1 N–H and O–H groups in total. The highest BCUT2D eigenvalue weighted by Crippen LogP contribution is 2.35.